The summed E-state index contributed by atoms with van der Waals surface area (Å²) in [6.45, 7) is 5.20. The lowest BCUT2D eigenvalue weighted by atomic mass is 10.2. The third-order valence-electron chi connectivity index (χ3n) is 3.14. The van der Waals surface area contributed by atoms with Gasteiger partial charge in [-0.05, 0) is 20.3 Å². The molecule has 2 heterocycles. The summed E-state index contributed by atoms with van der Waals surface area (Å²) in [5, 5.41) is 3.70. The summed E-state index contributed by atoms with van der Waals surface area (Å²) in [5.74, 6) is -0.300. The highest BCUT2D eigenvalue weighted by molar-refractivity contribution is 7.17. The molecule has 0 spiro atoms. The van der Waals surface area contributed by atoms with Gasteiger partial charge < -0.3 is 15.0 Å². The van der Waals surface area contributed by atoms with Crippen LogP contribution in [0.25, 0.3) is 0 Å². The number of rotatable bonds is 4. The zero-order chi connectivity index (χ0) is 14.0. The molecule has 1 unspecified atom stereocenters. The number of nitrogens with one attached hydrogen (secondary N) is 1. The number of thiazole rings is 1. The summed E-state index contributed by atoms with van der Waals surface area (Å²) in [5.41, 5.74) is 0.622. The number of esters is 1. The molecule has 1 atom stereocenters. The minimum Gasteiger partial charge on any atom is -0.465 e. The molecule has 0 aromatic carbocycles. The van der Waals surface area contributed by atoms with Gasteiger partial charge >= 0.3 is 5.97 Å². The fourth-order valence-electron chi connectivity index (χ4n) is 2.08. The van der Waals surface area contributed by atoms with Crippen molar-refractivity contribution in [2.75, 3.05) is 25.5 Å². The Morgan fingerprint density at radius 2 is 2.37 bits per heavy atom. The van der Waals surface area contributed by atoms with Gasteiger partial charge in [0.05, 0.1) is 12.8 Å². The summed E-state index contributed by atoms with van der Waals surface area (Å²) in [4.78, 5) is 30.0. The van der Waals surface area contributed by atoms with Crippen LogP contribution in [0.5, 0.6) is 0 Å². The van der Waals surface area contributed by atoms with Gasteiger partial charge in [-0.1, -0.05) is 11.3 Å². The van der Waals surface area contributed by atoms with E-state index in [2.05, 4.69) is 15.0 Å². The van der Waals surface area contributed by atoms with Crippen LogP contribution in [-0.4, -0.2) is 48.0 Å². The predicted octanol–water partition coefficient (Wildman–Crippen LogP) is 1.27. The summed E-state index contributed by atoms with van der Waals surface area (Å²) in [6, 6.07) is -0.240. The first-order chi connectivity index (χ1) is 9.06. The van der Waals surface area contributed by atoms with Crippen molar-refractivity contribution in [1.29, 1.82) is 0 Å². The van der Waals surface area contributed by atoms with Gasteiger partial charge in [0, 0.05) is 13.1 Å². The second-order valence-electron chi connectivity index (χ2n) is 4.33. The third-order valence-corrected chi connectivity index (χ3v) is 4.21. The van der Waals surface area contributed by atoms with E-state index in [0.717, 1.165) is 19.5 Å². The minimum atomic E-state index is -0.393. The van der Waals surface area contributed by atoms with Crippen LogP contribution in [0.1, 0.15) is 28.7 Å². The number of hydrogen-bond donors (Lipinski definition) is 1. The monoisotopic (exact) mass is 283 g/mol. The molecule has 6 nitrogen and oxygen atoms in total. The predicted molar refractivity (Wildman–Crippen MR) is 72.5 cm³/mol. The van der Waals surface area contributed by atoms with Gasteiger partial charge in [-0.3, -0.25) is 4.79 Å². The van der Waals surface area contributed by atoms with E-state index >= 15 is 0 Å². The SMILES string of the molecule is CCN1CCC(Nc2nc(C)c(C(=O)OC)s2)C1=O. The molecule has 0 saturated carbocycles. The van der Waals surface area contributed by atoms with E-state index in [9.17, 15) is 9.59 Å². The molecule has 0 radical (unpaired) electrons. The average Bonchev–Trinajstić information content (AvgIpc) is 2.93. The van der Waals surface area contributed by atoms with Crippen LogP contribution in [0.15, 0.2) is 0 Å². The van der Waals surface area contributed by atoms with Crippen molar-refractivity contribution in [2.24, 2.45) is 0 Å². The lowest BCUT2D eigenvalue weighted by Gasteiger charge is -2.13. The minimum absolute atomic E-state index is 0.0926. The molecule has 1 aromatic heterocycles. The number of likely N-dealkylation sites (tertiary alicyclic amines) is 1. The second-order valence-corrected chi connectivity index (χ2v) is 5.33. The molecule has 7 heteroatoms. The smallest absolute Gasteiger partial charge is 0.350 e. The van der Waals surface area contributed by atoms with E-state index < -0.39 is 5.97 Å². The van der Waals surface area contributed by atoms with Crippen molar-refractivity contribution in [2.45, 2.75) is 26.3 Å². The molecule has 1 aliphatic heterocycles. The third kappa shape index (κ3) is 2.70. The quantitative estimate of drug-likeness (QED) is 0.843. The van der Waals surface area contributed by atoms with Gasteiger partial charge in [-0.2, -0.15) is 0 Å². The number of aryl methyl sites for hydroxylation is 1. The van der Waals surface area contributed by atoms with Crippen LogP contribution in [0.2, 0.25) is 0 Å². The highest BCUT2D eigenvalue weighted by atomic mass is 32.1. The van der Waals surface area contributed by atoms with Crippen molar-refractivity contribution in [3.8, 4) is 0 Å². The first kappa shape index (κ1) is 13.8. The first-order valence-electron chi connectivity index (χ1n) is 6.17. The lowest BCUT2D eigenvalue weighted by Crippen LogP contribution is -2.33. The molecule has 104 valence electrons. The number of likely N-dealkylation sites (N-methyl/N-ethyl adjacent to an activating group) is 1. The maximum absolute atomic E-state index is 12.0. The number of amides is 1. The molecule has 0 aliphatic carbocycles. The van der Waals surface area contributed by atoms with Gasteiger partial charge in [-0.25, -0.2) is 9.78 Å². The van der Waals surface area contributed by atoms with Gasteiger partial charge in [0.1, 0.15) is 10.9 Å². The fraction of sp³-hybridized carbons (Fsp3) is 0.583. The van der Waals surface area contributed by atoms with Crippen LogP contribution < -0.4 is 5.32 Å². The Labute approximate surface area is 115 Å². The zero-order valence-electron chi connectivity index (χ0n) is 11.2. The Hall–Kier alpha value is -1.63. The van der Waals surface area contributed by atoms with E-state index in [1.807, 2.05) is 6.92 Å². The van der Waals surface area contributed by atoms with Gasteiger partial charge in [-0.15, -0.1) is 0 Å². The molecular weight excluding hydrogens is 266 g/mol. The Bertz CT molecular complexity index is 500. The molecule has 1 amide bonds. The standard InChI is InChI=1S/C12H17N3O3S/c1-4-15-6-5-8(10(15)16)14-12-13-7(2)9(19-12)11(17)18-3/h8H,4-6H2,1-3H3,(H,13,14). The van der Waals surface area contributed by atoms with Crippen molar-refractivity contribution in [3.63, 3.8) is 0 Å². The van der Waals surface area contributed by atoms with Crippen molar-refractivity contribution >= 4 is 28.3 Å². The molecule has 2 rings (SSSR count). The molecule has 1 N–H and O–H groups in total. The van der Waals surface area contributed by atoms with Gasteiger partial charge in [0.2, 0.25) is 5.91 Å². The van der Waals surface area contributed by atoms with Gasteiger partial charge in [0.25, 0.3) is 0 Å². The lowest BCUT2D eigenvalue weighted by molar-refractivity contribution is -0.128. The summed E-state index contributed by atoms with van der Waals surface area (Å²) in [6.07, 6.45) is 0.763. The molecule has 1 saturated heterocycles. The zero-order valence-corrected chi connectivity index (χ0v) is 12.0. The fourth-order valence-corrected chi connectivity index (χ4v) is 3.01. The van der Waals surface area contributed by atoms with E-state index in [-0.39, 0.29) is 11.9 Å². The van der Waals surface area contributed by atoms with E-state index in [4.69, 9.17) is 0 Å². The first-order valence-corrected chi connectivity index (χ1v) is 6.99. The van der Waals surface area contributed by atoms with Crippen molar-refractivity contribution < 1.29 is 14.3 Å². The molecular formula is C12H17N3O3S. The Balaban J connectivity index is 2.08. The number of methoxy groups -OCH3 is 1. The largest absolute Gasteiger partial charge is 0.465 e. The number of carbonyl (C=O) groups excluding carboxylic acids is 2. The average molecular weight is 283 g/mol. The summed E-state index contributed by atoms with van der Waals surface area (Å²) < 4.78 is 4.68. The van der Waals surface area contributed by atoms with Crippen LogP contribution in [0, 0.1) is 6.92 Å². The Morgan fingerprint density at radius 3 is 2.95 bits per heavy atom. The van der Waals surface area contributed by atoms with Crippen molar-refractivity contribution in [1.82, 2.24) is 9.88 Å². The number of ether oxygens (including phenoxy) is 1. The van der Waals surface area contributed by atoms with E-state index in [1.54, 1.807) is 11.8 Å². The molecule has 1 fully saturated rings. The number of nitrogens with zero attached hydrogens (tertiary/aromatic N) is 2. The van der Waals surface area contributed by atoms with Gasteiger partial charge in [0.15, 0.2) is 5.13 Å². The Morgan fingerprint density at radius 1 is 1.63 bits per heavy atom. The number of carbonyl (C=O) groups is 2. The summed E-state index contributed by atoms with van der Waals surface area (Å²) >= 11 is 1.22. The molecule has 19 heavy (non-hydrogen) atoms. The van der Waals surface area contributed by atoms with E-state index in [1.165, 1.54) is 18.4 Å². The van der Waals surface area contributed by atoms with Crippen LogP contribution in [-0.2, 0) is 9.53 Å². The number of aromatic nitrogens is 1. The number of hydrogen-bond acceptors (Lipinski definition) is 6. The van der Waals surface area contributed by atoms with Crippen LogP contribution in [0.4, 0.5) is 5.13 Å². The molecule has 0 bridgehead atoms. The molecule has 1 aromatic rings. The topological polar surface area (TPSA) is 71.5 Å². The van der Waals surface area contributed by atoms with Crippen molar-refractivity contribution in [3.05, 3.63) is 10.6 Å². The van der Waals surface area contributed by atoms with Crippen LogP contribution in [0.3, 0.4) is 0 Å². The normalized spacial score (nSPS) is 18.8. The second kappa shape index (κ2) is 5.56. The molecule has 1 aliphatic rings. The van der Waals surface area contributed by atoms with Crippen LogP contribution >= 0.6 is 11.3 Å². The summed E-state index contributed by atoms with van der Waals surface area (Å²) in [7, 11) is 1.34. The maximum Gasteiger partial charge on any atom is 0.350 e. The number of anilines is 1. The highest BCUT2D eigenvalue weighted by Crippen LogP contribution is 2.25. The van der Waals surface area contributed by atoms with E-state index in [0.29, 0.717) is 15.7 Å². The Kier molecular flexibility index (Phi) is 4.04. The maximum atomic E-state index is 12.0. The highest BCUT2D eigenvalue weighted by Gasteiger charge is 2.31.